The van der Waals surface area contributed by atoms with Gasteiger partial charge in [0.1, 0.15) is 11.5 Å². The Bertz CT molecular complexity index is 501. The molecule has 1 atom stereocenters. The zero-order valence-corrected chi connectivity index (χ0v) is 14.4. The summed E-state index contributed by atoms with van der Waals surface area (Å²) in [5.41, 5.74) is 2.79. The number of aliphatic hydroxyl groups is 1. The molecule has 7 nitrogen and oxygen atoms in total. The molecule has 1 aliphatic rings. The highest BCUT2D eigenvalue weighted by molar-refractivity contribution is 5.72. The fourth-order valence-electron chi connectivity index (χ4n) is 2.64. The molecule has 1 aliphatic heterocycles. The van der Waals surface area contributed by atoms with Gasteiger partial charge in [0, 0.05) is 46.1 Å². The van der Waals surface area contributed by atoms with Crippen molar-refractivity contribution in [2.75, 3.05) is 46.4 Å². The van der Waals surface area contributed by atoms with E-state index in [1.807, 2.05) is 29.3 Å². The maximum Gasteiger partial charge on any atom is 0.231 e. The van der Waals surface area contributed by atoms with Crippen LogP contribution in [0.4, 0.5) is 0 Å². The number of carbonyl (C=O) groups excluding carboxylic acids is 1. The summed E-state index contributed by atoms with van der Waals surface area (Å²) in [6, 6.07) is 7.40. The Kier molecular flexibility index (Phi) is 7.30. The number of β-amino-alcohol motifs (C(OH)–C–C–N with tert-alkyl or cyclic N) is 1. The SMILES string of the molecule is COc1ccc(OCCC(O)CN2CCN(NC(C)=O)CC2)cc1. The van der Waals surface area contributed by atoms with Crippen LogP contribution in [0.15, 0.2) is 24.3 Å². The fourth-order valence-corrected chi connectivity index (χ4v) is 2.64. The lowest BCUT2D eigenvalue weighted by Crippen LogP contribution is -2.54. The van der Waals surface area contributed by atoms with E-state index >= 15 is 0 Å². The number of hydrogen-bond acceptors (Lipinski definition) is 6. The molecule has 1 unspecified atom stereocenters. The third-order valence-electron chi connectivity index (χ3n) is 3.94. The minimum absolute atomic E-state index is 0.0424. The molecular weight excluding hydrogens is 310 g/mol. The summed E-state index contributed by atoms with van der Waals surface area (Å²) in [7, 11) is 1.63. The first-order valence-electron chi connectivity index (χ1n) is 8.26. The number of nitrogens with one attached hydrogen (secondary N) is 1. The topological polar surface area (TPSA) is 74.3 Å². The summed E-state index contributed by atoms with van der Waals surface area (Å²) in [5.74, 6) is 1.52. The summed E-state index contributed by atoms with van der Waals surface area (Å²) in [6.07, 6.45) is 0.161. The number of ether oxygens (including phenoxy) is 2. The molecule has 7 heteroatoms. The van der Waals surface area contributed by atoms with Gasteiger partial charge in [-0.05, 0) is 24.3 Å². The number of methoxy groups -OCH3 is 1. The molecule has 1 aromatic carbocycles. The summed E-state index contributed by atoms with van der Waals surface area (Å²) in [5, 5.41) is 12.1. The van der Waals surface area contributed by atoms with Gasteiger partial charge in [0.2, 0.25) is 5.91 Å². The lowest BCUT2D eigenvalue weighted by Gasteiger charge is -2.35. The van der Waals surface area contributed by atoms with Crippen molar-refractivity contribution in [3.05, 3.63) is 24.3 Å². The largest absolute Gasteiger partial charge is 0.497 e. The molecular formula is C17H27N3O4. The molecule has 2 N–H and O–H groups in total. The molecule has 0 aliphatic carbocycles. The number of piperazine rings is 1. The van der Waals surface area contributed by atoms with Gasteiger partial charge in [-0.25, -0.2) is 5.01 Å². The first-order chi connectivity index (χ1) is 11.6. The van der Waals surface area contributed by atoms with Crippen LogP contribution >= 0.6 is 0 Å². The van der Waals surface area contributed by atoms with E-state index in [9.17, 15) is 9.90 Å². The van der Waals surface area contributed by atoms with Crippen molar-refractivity contribution in [1.82, 2.24) is 15.3 Å². The predicted octanol–water partition coefficient (Wildman–Crippen LogP) is 0.494. The lowest BCUT2D eigenvalue weighted by molar-refractivity contribution is -0.124. The first-order valence-corrected chi connectivity index (χ1v) is 8.26. The van der Waals surface area contributed by atoms with Gasteiger partial charge < -0.3 is 14.6 Å². The quantitative estimate of drug-likeness (QED) is 0.719. The van der Waals surface area contributed by atoms with E-state index in [1.54, 1.807) is 7.11 Å². The van der Waals surface area contributed by atoms with Gasteiger partial charge in [-0.1, -0.05) is 0 Å². The predicted molar refractivity (Wildman–Crippen MR) is 90.9 cm³/mol. The summed E-state index contributed by atoms with van der Waals surface area (Å²) in [6.45, 7) is 5.81. The van der Waals surface area contributed by atoms with Gasteiger partial charge >= 0.3 is 0 Å². The smallest absolute Gasteiger partial charge is 0.231 e. The standard InChI is InChI=1S/C17H27N3O4/c1-14(21)18-20-10-8-19(9-11-20)13-15(22)7-12-24-17-5-3-16(23-2)4-6-17/h3-6,15,22H,7-13H2,1-2H3,(H,18,21). The third-order valence-corrected chi connectivity index (χ3v) is 3.94. The molecule has 24 heavy (non-hydrogen) atoms. The van der Waals surface area contributed by atoms with E-state index < -0.39 is 6.10 Å². The highest BCUT2D eigenvalue weighted by atomic mass is 16.5. The Morgan fingerprint density at radius 2 is 1.83 bits per heavy atom. The van der Waals surface area contributed by atoms with Crippen LogP contribution in [0, 0.1) is 0 Å². The van der Waals surface area contributed by atoms with E-state index in [-0.39, 0.29) is 5.91 Å². The van der Waals surface area contributed by atoms with Crippen molar-refractivity contribution >= 4 is 5.91 Å². The van der Waals surface area contributed by atoms with Crippen molar-refractivity contribution in [2.24, 2.45) is 0 Å². The van der Waals surface area contributed by atoms with Crippen LogP contribution in [0.1, 0.15) is 13.3 Å². The minimum atomic E-state index is -0.421. The van der Waals surface area contributed by atoms with E-state index in [0.29, 0.717) is 19.6 Å². The number of hydrazine groups is 1. The Hall–Kier alpha value is -1.83. The Morgan fingerprint density at radius 3 is 2.42 bits per heavy atom. The molecule has 0 aromatic heterocycles. The molecule has 1 fully saturated rings. The molecule has 0 radical (unpaired) electrons. The molecule has 1 amide bonds. The first kappa shape index (κ1) is 18.5. The minimum Gasteiger partial charge on any atom is -0.497 e. The second kappa shape index (κ2) is 9.46. The molecule has 1 saturated heterocycles. The number of nitrogens with zero attached hydrogens (tertiary/aromatic N) is 2. The van der Waals surface area contributed by atoms with Gasteiger partial charge in [-0.3, -0.25) is 15.1 Å². The van der Waals surface area contributed by atoms with E-state index in [4.69, 9.17) is 9.47 Å². The van der Waals surface area contributed by atoms with Gasteiger partial charge in [-0.2, -0.15) is 0 Å². The van der Waals surface area contributed by atoms with Crippen LogP contribution in [0.2, 0.25) is 0 Å². The van der Waals surface area contributed by atoms with Crippen molar-refractivity contribution in [2.45, 2.75) is 19.4 Å². The van der Waals surface area contributed by atoms with Gasteiger partial charge in [0.25, 0.3) is 0 Å². The molecule has 2 rings (SSSR count). The van der Waals surface area contributed by atoms with Crippen LogP contribution in [0.5, 0.6) is 11.5 Å². The highest BCUT2D eigenvalue weighted by Gasteiger charge is 2.19. The van der Waals surface area contributed by atoms with Crippen molar-refractivity contribution in [3.63, 3.8) is 0 Å². The second-order valence-electron chi connectivity index (χ2n) is 5.92. The van der Waals surface area contributed by atoms with Crippen LogP contribution in [-0.2, 0) is 4.79 Å². The van der Waals surface area contributed by atoms with Crippen LogP contribution in [0.3, 0.4) is 0 Å². The molecule has 1 heterocycles. The lowest BCUT2D eigenvalue weighted by atomic mass is 10.2. The van der Waals surface area contributed by atoms with Crippen LogP contribution in [0.25, 0.3) is 0 Å². The maximum absolute atomic E-state index is 11.0. The molecule has 0 bridgehead atoms. The number of amides is 1. The van der Waals surface area contributed by atoms with E-state index in [1.165, 1.54) is 6.92 Å². The van der Waals surface area contributed by atoms with E-state index in [0.717, 1.165) is 37.7 Å². The Morgan fingerprint density at radius 1 is 1.21 bits per heavy atom. The number of hydrogen-bond donors (Lipinski definition) is 2. The Balaban J connectivity index is 1.61. The fraction of sp³-hybridized carbons (Fsp3) is 0.588. The van der Waals surface area contributed by atoms with Crippen molar-refractivity contribution < 1.29 is 19.4 Å². The average molecular weight is 337 g/mol. The highest BCUT2D eigenvalue weighted by Crippen LogP contribution is 2.17. The summed E-state index contributed by atoms with van der Waals surface area (Å²) < 4.78 is 10.7. The summed E-state index contributed by atoms with van der Waals surface area (Å²) >= 11 is 0. The molecule has 1 aromatic rings. The van der Waals surface area contributed by atoms with Gasteiger partial charge in [0.05, 0.1) is 19.8 Å². The second-order valence-corrected chi connectivity index (χ2v) is 5.92. The van der Waals surface area contributed by atoms with Crippen molar-refractivity contribution in [1.29, 1.82) is 0 Å². The zero-order chi connectivity index (χ0) is 17.4. The number of rotatable bonds is 8. The van der Waals surface area contributed by atoms with Gasteiger partial charge in [-0.15, -0.1) is 0 Å². The molecule has 134 valence electrons. The molecule has 0 saturated carbocycles. The molecule has 0 spiro atoms. The number of aliphatic hydroxyl groups excluding tert-OH is 1. The van der Waals surface area contributed by atoms with Gasteiger partial charge in [0.15, 0.2) is 0 Å². The third kappa shape index (κ3) is 6.35. The summed E-state index contributed by atoms with van der Waals surface area (Å²) in [4.78, 5) is 13.2. The number of benzene rings is 1. The monoisotopic (exact) mass is 337 g/mol. The number of carbonyl (C=O) groups is 1. The van der Waals surface area contributed by atoms with Crippen molar-refractivity contribution in [3.8, 4) is 11.5 Å². The normalized spacial score (nSPS) is 17.3. The Labute approximate surface area is 143 Å². The average Bonchev–Trinajstić information content (AvgIpc) is 2.57. The van der Waals surface area contributed by atoms with Crippen LogP contribution in [-0.4, -0.2) is 73.5 Å². The maximum atomic E-state index is 11.0. The van der Waals surface area contributed by atoms with E-state index in [2.05, 4.69) is 10.3 Å². The zero-order valence-electron chi connectivity index (χ0n) is 14.4. The van der Waals surface area contributed by atoms with Crippen LogP contribution < -0.4 is 14.9 Å².